The van der Waals surface area contributed by atoms with E-state index in [0.717, 1.165) is 12.5 Å². The van der Waals surface area contributed by atoms with Gasteiger partial charge < -0.3 is 9.64 Å². The maximum absolute atomic E-state index is 6.24. The Morgan fingerprint density at radius 1 is 0.909 bits per heavy atom. The van der Waals surface area contributed by atoms with Crippen molar-refractivity contribution in [3.05, 3.63) is 0 Å². The molecular formula is C20H41NO. The first-order valence-corrected chi connectivity index (χ1v) is 10.1. The number of hydrogen-bond acceptors (Lipinski definition) is 2. The number of piperidine rings is 1. The van der Waals surface area contributed by atoms with Gasteiger partial charge in [0, 0.05) is 6.61 Å². The third-order valence-corrected chi connectivity index (χ3v) is 5.21. The summed E-state index contributed by atoms with van der Waals surface area (Å²) in [6, 6.07) is 0. The Bertz CT molecular complexity index is 226. The van der Waals surface area contributed by atoms with Crippen molar-refractivity contribution >= 4 is 0 Å². The second-order valence-corrected chi connectivity index (χ2v) is 7.37. The number of unbranched alkanes of at least 4 members (excludes halogenated alkanes) is 4. The third-order valence-electron chi connectivity index (χ3n) is 5.21. The molecule has 1 aliphatic rings. The number of rotatable bonds is 13. The van der Waals surface area contributed by atoms with Crippen LogP contribution in [0.1, 0.15) is 90.9 Å². The van der Waals surface area contributed by atoms with Crippen LogP contribution in [0.15, 0.2) is 0 Å². The lowest BCUT2D eigenvalue weighted by atomic mass is 9.92. The van der Waals surface area contributed by atoms with Crippen molar-refractivity contribution in [2.75, 3.05) is 26.7 Å². The molecule has 0 saturated carbocycles. The maximum atomic E-state index is 6.24. The lowest BCUT2D eigenvalue weighted by Crippen LogP contribution is -2.30. The van der Waals surface area contributed by atoms with Crippen LogP contribution in [-0.2, 0) is 4.74 Å². The molecule has 0 spiro atoms. The Hall–Kier alpha value is -0.0800. The van der Waals surface area contributed by atoms with E-state index in [1.165, 1.54) is 90.1 Å². The molecule has 0 N–H and O–H groups in total. The van der Waals surface area contributed by atoms with Gasteiger partial charge in [-0.25, -0.2) is 0 Å². The molecular weight excluding hydrogens is 270 g/mol. The Kier molecular flexibility index (Phi) is 12.1. The van der Waals surface area contributed by atoms with Crippen LogP contribution in [0.5, 0.6) is 0 Å². The number of hydrogen-bond donors (Lipinski definition) is 0. The Balaban J connectivity index is 2.09. The molecule has 0 aromatic heterocycles. The highest BCUT2D eigenvalue weighted by Crippen LogP contribution is 2.21. The van der Waals surface area contributed by atoms with Gasteiger partial charge in [-0.3, -0.25) is 0 Å². The van der Waals surface area contributed by atoms with E-state index in [-0.39, 0.29) is 0 Å². The van der Waals surface area contributed by atoms with Crippen LogP contribution in [0.25, 0.3) is 0 Å². The average molecular weight is 312 g/mol. The summed E-state index contributed by atoms with van der Waals surface area (Å²) < 4.78 is 6.24. The van der Waals surface area contributed by atoms with E-state index in [4.69, 9.17) is 4.74 Å². The first-order chi connectivity index (χ1) is 10.8. The molecule has 22 heavy (non-hydrogen) atoms. The van der Waals surface area contributed by atoms with Crippen molar-refractivity contribution in [2.45, 2.75) is 97.0 Å². The number of likely N-dealkylation sites (tertiary alicyclic amines) is 1. The predicted molar refractivity (Wildman–Crippen MR) is 97.5 cm³/mol. The topological polar surface area (TPSA) is 12.5 Å². The summed E-state index contributed by atoms with van der Waals surface area (Å²) in [4.78, 5) is 2.46. The molecule has 0 aliphatic carbocycles. The molecule has 1 saturated heterocycles. The molecule has 0 bridgehead atoms. The maximum Gasteiger partial charge on any atom is 0.0575 e. The fourth-order valence-electron chi connectivity index (χ4n) is 3.53. The summed E-state index contributed by atoms with van der Waals surface area (Å²) in [5.74, 6) is 0.957. The molecule has 0 aromatic carbocycles. The van der Waals surface area contributed by atoms with Gasteiger partial charge in [0.25, 0.3) is 0 Å². The number of ether oxygens (including phenoxy) is 1. The summed E-state index contributed by atoms with van der Waals surface area (Å²) in [5.41, 5.74) is 0. The van der Waals surface area contributed by atoms with E-state index in [1.807, 2.05) is 0 Å². The summed E-state index contributed by atoms with van der Waals surface area (Å²) in [5, 5.41) is 0. The summed E-state index contributed by atoms with van der Waals surface area (Å²) >= 11 is 0. The molecule has 0 amide bonds. The highest BCUT2D eigenvalue weighted by Gasteiger charge is 2.16. The second-order valence-electron chi connectivity index (χ2n) is 7.37. The van der Waals surface area contributed by atoms with E-state index in [2.05, 4.69) is 25.8 Å². The van der Waals surface area contributed by atoms with Crippen LogP contribution in [0.2, 0.25) is 0 Å². The lowest BCUT2D eigenvalue weighted by molar-refractivity contribution is 0.0331. The smallest absolute Gasteiger partial charge is 0.0575 e. The van der Waals surface area contributed by atoms with Gasteiger partial charge in [-0.2, -0.15) is 0 Å². The lowest BCUT2D eigenvalue weighted by Gasteiger charge is -2.29. The largest absolute Gasteiger partial charge is 0.378 e. The Morgan fingerprint density at radius 2 is 1.50 bits per heavy atom. The van der Waals surface area contributed by atoms with Crippen LogP contribution in [0.3, 0.4) is 0 Å². The fraction of sp³-hybridized carbons (Fsp3) is 1.00. The summed E-state index contributed by atoms with van der Waals surface area (Å²) in [6.07, 6.45) is 16.6. The molecule has 1 heterocycles. The Labute approximate surface area is 140 Å². The van der Waals surface area contributed by atoms with E-state index in [0.29, 0.717) is 6.10 Å². The molecule has 1 aliphatic heterocycles. The van der Waals surface area contributed by atoms with Crippen molar-refractivity contribution in [2.24, 2.45) is 5.92 Å². The fourth-order valence-corrected chi connectivity index (χ4v) is 3.53. The second kappa shape index (κ2) is 13.4. The predicted octanol–water partition coefficient (Wildman–Crippen LogP) is 5.65. The highest BCUT2D eigenvalue weighted by atomic mass is 16.5. The van der Waals surface area contributed by atoms with Crippen molar-refractivity contribution in [1.82, 2.24) is 4.90 Å². The van der Waals surface area contributed by atoms with Gasteiger partial charge >= 0.3 is 0 Å². The highest BCUT2D eigenvalue weighted by molar-refractivity contribution is 4.70. The monoisotopic (exact) mass is 311 g/mol. The summed E-state index contributed by atoms with van der Waals surface area (Å²) in [7, 11) is 2.25. The quantitative estimate of drug-likeness (QED) is 0.407. The number of nitrogens with zero attached hydrogens (tertiary/aromatic N) is 1. The van der Waals surface area contributed by atoms with Crippen LogP contribution in [0.4, 0.5) is 0 Å². The molecule has 0 aromatic rings. The zero-order valence-electron chi connectivity index (χ0n) is 15.6. The van der Waals surface area contributed by atoms with E-state index < -0.39 is 0 Å². The van der Waals surface area contributed by atoms with Crippen LogP contribution >= 0.6 is 0 Å². The zero-order chi connectivity index (χ0) is 16.0. The minimum atomic E-state index is 0.538. The molecule has 1 rings (SSSR count). The standard InChI is InChI=1S/C20H41NO/c1-4-6-8-12-20(13-9-7-5-2)22-18-10-11-19-14-16-21(3)17-15-19/h19-20H,4-18H2,1-3H3. The van der Waals surface area contributed by atoms with Crippen LogP contribution in [0, 0.1) is 5.92 Å². The van der Waals surface area contributed by atoms with Gasteiger partial charge in [0.05, 0.1) is 6.10 Å². The minimum Gasteiger partial charge on any atom is -0.378 e. The Morgan fingerprint density at radius 3 is 2.05 bits per heavy atom. The molecule has 2 nitrogen and oxygen atoms in total. The minimum absolute atomic E-state index is 0.538. The van der Waals surface area contributed by atoms with Crippen LogP contribution < -0.4 is 0 Å². The summed E-state index contributed by atoms with van der Waals surface area (Å²) in [6.45, 7) is 8.16. The average Bonchev–Trinajstić information content (AvgIpc) is 2.53. The third kappa shape index (κ3) is 9.84. The molecule has 132 valence electrons. The van der Waals surface area contributed by atoms with Crippen molar-refractivity contribution in [3.63, 3.8) is 0 Å². The van der Waals surface area contributed by atoms with Crippen molar-refractivity contribution in [1.29, 1.82) is 0 Å². The molecule has 0 radical (unpaired) electrons. The zero-order valence-corrected chi connectivity index (χ0v) is 15.6. The normalized spacial score (nSPS) is 17.5. The molecule has 1 fully saturated rings. The first-order valence-electron chi connectivity index (χ1n) is 10.1. The van der Waals surface area contributed by atoms with Crippen molar-refractivity contribution in [3.8, 4) is 0 Å². The van der Waals surface area contributed by atoms with E-state index in [1.54, 1.807) is 0 Å². The molecule has 0 atom stereocenters. The van der Waals surface area contributed by atoms with Crippen molar-refractivity contribution < 1.29 is 4.74 Å². The molecule has 2 heteroatoms. The van der Waals surface area contributed by atoms with E-state index in [9.17, 15) is 0 Å². The SMILES string of the molecule is CCCCCC(CCCCC)OCCCC1CCN(C)CC1. The van der Waals surface area contributed by atoms with Gasteiger partial charge in [0.15, 0.2) is 0 Å². The van der Waals surface area contributed by atoms with Crippen LogP contribution in [-0.4, -0.2) is 37.7 Å². The van der Waals surface area contributed by atoms with Gasteiger partial charge in [0.2, 0.25) is 0 Å². The first kappa shape index (κ1) is 20.0. The van der Waals surface area contributed by atoms with Gasteiger partial charge in [0.1, 0.15) is 0 Å². The molecule has 0 unspecified atom stereocenters. The van der Waals surface area contributed by atoms with E-state index >= 15 is 0 Å². The van der Waals surface area contributed by atoms with Gasteiger partial charge in [-0.1, -0.05) is 52.4 Å². The van der Waals surface area contributed by atoms with Gasteiger partial charge in [-0.05, 0) is 64.6 Å². The van der Waals surface area contributed by atoms with Gasteiger partial charge in [-0.15, -0.1) is 0 Å².